The summed E-state index contributed by atoms with van der Waals surface area (Å²) in [7, 11) is -3.45. The van der Waals surface area contributed by atoms with Crippen LogP contribution in [-0.4, -0.2) is 56.3 Å². The number of hydrogen-bond donors (Lipinski definition) is 4. The zero-order valence-corrected chi connectivity index (χ0v) is 8.96. The lowest BCUT2D eigenvalue weighted by Crippen LogP contribution is -2.39. The summed E-state index contributed by atoms with van der Waals surface area (Å²) in [6.07, 6.45) is 1.11. The van der Waals surface area contributed by atoms with Crippen LogP contribution in [0.3, 0.4) is 0 Å². The van der Waals surface area contributed by atoms with E-state index in [-0.39, 0.29) is 12.3 Å². The number of rotatable bonds is 8. The Morgan fingerprint density at radius 1 is 1.60 bits per heavy atom. The third-order valence-corrected chi connectivity index (χ3v) is 3.28. The third-order valence-electron chi connectivity index (χ3n) is 1.59. The Bertz CT molecular complexity index is 314. The molecular weight excluding hydrogens is 222 g/mol. The van der Waals surface area contributed by atoms with Gasteiger partial charge in [-0.2, -0.15) is 0 Å². The van der Waals surface area contributed by atoms with Crippen molar-refractivity contribution in [2.45, 2.75) is 6.04 Å². The Balaban J connectivity index is 3.97. The van der Waals surface area contributed by atoms with Crippen molar-refractivity contribution < 1.29 is 18.3 Å². The van der Waals surface area contributed by atoms with Crippen LogP contribution in [0.1, 0.15) is 0 Å². The lowest BCUT2D eigenvalue weighted by Gasteiger charge is -2.07. The molecule has 1 atom stereocenters. The predicted octanol–water partition coefficient (Wildman–Crippen LogP) is -1.95. The van der Waals surface area contributed by atoms with Gasteiger partial charge in [0.25, 0.3) is 0 Å². The van der Waals surface area contributed by atoms with Gasteiger partial charge in [0.2, 0.25) is 0 Å². The fraction of sp³-hybridized carbons (Fsp3) is 0.714. The summed E-state index contributed by atoms with van der Waals surface area (Å²) in [6, 6.07) is -1.38. The van der Waals surface area contributed by atoms with Crippen LogP contribution >= 0.6 is 0 Å². The Morgan fingerprint density at radius 2 is 2.20 bits per heavy atom. The van der Waals surface area contributed by atoms with Gasteiger partial charge in [-0.1, -0.05) is 0 Å². The quantitative estimate of drug-likeness (QED) is 0.286. The highest BCUT2D eigenvalue weighted by atomic mass is 32.2. The van der Waals surface area contributed by atoms with E-state index in [1.165, 1.54) is 0 Å². The van der Waals surface area contributed by atoms with E-state index in [1.54, 1.807) is 0 Å². The summed E-state index contributed by atoms with van der Waals surface area (Å²) in [4.78, 5) is 10.3. The molecule has 0 fully saturated rings. The first-order valence-corrected chi connectivity index (χ1v) is 6.09. The minimum atomic E-state index is -3.45. The lowest BCUT2D eigenvalue weighted by molar-refractivity contribution is -0.137. The molecule has 0 amide bonds. The van der Waals surface area contributed by atoms with E-state index >= 15 is 0 Å². The smallest absolute Gasteiger partial charge is 0.321 e. The maximum Gasteiger partial charge on any atom is 0.321 e. The standard InChI is InChI=1S/C7H15N3O4S/c8-1-2-10-3-4-15(13,14)5-6(9)7(11)12/h1,6,8,10H,2-5,9H2,(H,11,12). The van der Waals surface area contributed by atoms with Crippen molar-refractivity contribution in [1.82, 2.24) is 5.32 Å². The van der Waals surface area contributed by atoms with Crippen molar-refractivity contribution in [1.29, 1.82) is 5.41 Å². The molecule has 15 heavy (non-hydrogen) atoms. The fourth-order valence-corrected chi connectivity index (χ4v) is 2.14. The van der Waals surface area contributed by atoms with E-state index < -0.39 is 27.6 Å². The van der Waals surface area contributed by atoms with Gasteiger partial charge in [0.15, 0.2) is 9.84 Å². The van der Waals surface area contributed by atoms with Crippen LogP contribution in [0, 0.1) is 5.41 Å². The summed E-state index contributed by atoms with van der Waals surface area (Å²) in [5.41, 5.74) is 5.10. The number of carboxylic acids is 1. The van der Waals surface area contributed by atoms with E-state index in [1.807, 2.05) is 0 Å². The average Bonchev–Trinajstić information content (AvgIpc) is 2.11. The normalized spacial score (nSPS) is 13.4. The summed E-state index contributed by atoms with van der Waals surface area (Å²) < 4.78 is 22.5. The minimum absolute atomic E-state index is 0.179. The van der Waals surface area contributed by atoms with Crippen LogP contribution in [0.2, 0.25) is 0 Å². The molecule has 0 aliphatic rings. The van der Waals surface area contributed by atoms with Crippen molar-refractivity contribution in [2.24, 2.45) is 5.73 Å². The predicted molar refractivity (Wildman–Crippen MR) is 55.9 cm³/mol. The first-order chi connectivity index (χ1) is 6.89. The van der Waals surface area contributed by atoms with Gasteiger partial charge in [-0.05, 0) is 0 Å². The number of hydrogen-bond acceptors (Lipinski definition) is 6. The second kappa shape index (κ2) is 6.49. The molecule has 0 aliphatic heterocycles. The summed E-state index contributed by atoms with van der Waals surface area (Å²) >= 11 is 0. The Labute approximate surface area is 88.1 Å². The molecule has 5 N–H and O–H groups in total. The molecule has 0 radical (unpaired) electrons. The van der Waals surface area contributed by atoms with Crippen molar-refractivity contribution >= 4 is 22.0 Å². The SMILES string of the molecule is N=CCNCCS(=O)(=O)CC(N)C(=O)O. The summed E-state index contributed by atoms with van der Waals surface area (Å²) in [5, 5.41) is 17.8. The topological polar surface area (TPSA) is 133 Å². The number of nitrogens with two attached hydrogens (primary N) is 1. The van der Waals surface area contributed by atoms with Crippen LogP contribution < -0.4 is 11.1 Å². The van der Waals surface area contributed by atoms with E-state index in [9.17, 15) is 13.2 Å². The Morgan fingerprint density at radius 3 is 2.67 bits per heavy atom. The molecule has 0 rings (SSSR count). The fourth-order valence-electron chi connectivity index (χ4n) is 0.830. The van der Waals surface area contributed by atoms with Crippen molar-refractivity contribution in [3.05, 3.63) is 0 Å². The number of aliphatic carboxylic acids is 1. The van der Waals surface area contributed by atoms with Crippen LogP contribution in [-0.2, 0) is 14.6 Å². The molecule has 0 spiro atoms. The zero-order valence-electron chi connectivity index (χ0n) is 8.14. The van der Waals surface area contributed by atoms with Gasteiger partial charge in [-0.3, -0.25) is 4.79 Å². The van der Waals surface area contributed by atoms with Crippen molar-refractivity contribution in [3.8, 4) is 0 Å². The van der Waals surface area contributed by atoms with Gasteiger partial charge >= 0.3 is 5.97 Å². The minimum Gasteiger partial charge on any atom is -0.480 e. The highest BCUT2D eigenvalue weighted by Gasteiger charge is 2.20. The highest BCUT2D eigenvalue weighted by Crippen LogP contribution is 1.93. The molecule has 0 saturated heterocycles. The molecule has 0 aliphatic carbocycles. The zero-order chi connectivity index (χ0) is 11.9. The van der Waals surface area contributed by atoms with E-state index in [0.717, 1.165) is 6.21 Å². The van der Waals surface area contributed by atoms with Crippen LogP contribution in [0.5, 0.6) is 0 Å². The highest BCUT2D eigenvalue weighted by molar-refractivity contribution is 7.91. The van der Waals surface area contributed by atoms with Gasteiger partial charge in [0, 0.05) is 19.3 Å². The molecule has 1 unspecified atom stereocenters. The molecule has 8 heteroatoms. The van der Waals surface area contributed by atoms with E-state index in [4.69, 9.17) is 16.2 Å². The van der Waals surface area contributed by atoms with Crippen LogP contribution in [0.15, 0.2) is 0 Å². The monoisotopic (exact) mass is 237 g/mol. The maximum atomic E-state index is 11.3. The largest absolute Gasteiger partial charge is 0.480 e. The van der Waals surface area contributed by atoms with Crippen molar-refractivity contribution in [3.63, 3.8) is 0 Å². The molecule has 0 heterocycles. The molecule has 0 saturated carbocycles. The summed E-state index contributed by atoms with van der Waals surface area (Å²) in [6.45, 7) is 0.477. The van der Waals surface area contributed by atoms with Crippen molar-refractivity contribution in [2.75, 3.05) is 24.6 Å². The van der Waals surface area contributed by atoms with E-state index in [2.05, 4.69) is 5.32 Å². The first kappa shape index (κ1) is 14.0. The lowest BCUT2D eigenvalue weighted by atomic mass is 10.4. The van der Waals surface area contributed by atoms with Gasteiger partial charge < -0.3 is 21.6 Å². The van der Waals surface area contributed by atoms with Crippen LogP contribution in [0.4, 0.5) is 0 Å². The number of carboxylic acid groups (broad SMARTS) is 1. The number of sulfone groups is 1. The van der Waals surface area contributed by atoms with E-state index in [0.29, 0.717) is 6.54 Å². The number of carbonyl (C=O) groups is 1. The molecule has 0 aromatic rings. The third kappa shape index (κ3) is 7.00. The molecule has 0 bridgehead atoms. The van der Waals surface area contributed by atoms with Gasteiger partial charge in [-0.15, -0.1) is 0 Å². The van der Waals surface area contributed by atoms with Gasteiger partial charge in [-0.25, -0.2) is 8.42 Å². The second-order valence-corrected chi connectivity index (χ2v) is 5.20. The first-order valence-electron chi connectivity index (χ1n) is 4.27. The second-order valence-electron chi connectivity index (χ2n) is 2.97. The molecule has 0 aromatic carbocycles. The molecular formula is C7H15N3O4S. The molecule has 0 aromatic heterocycles. The average molecular weight is 237 g/mol. The summed E-state index contributed by atoms with van der Waals surface area (Å²) in [5.74, 6) is -2.07. The van der Waals surface area contributed by atoms with Gasteiger partial charge in [0.1, 0.15) is 6.04 Å². The number of nitrogens with one attached hydrogen (secondary N) is 2. The molecule has 7 nitrogen and oxygen atoms in total. The molecule has 88 valence electrons. The van der Waals surface area contributed by atoms with Crippen LogP contribution in [0.25, 0.3) is 0 Å². The Kier molecular flexibility index (Phi) is 6.06. The van der Waals surface area contributed by atoms with Gasteiger partial charge in [0.05, 0.1) is 11.5 Å². The Hall–Kier alpha value is -0.990. The maximum absolute atomic E-state index is 11.3.